The van der Waals surface area contributed by atoms with E-state index in [4.69, 9.17) is 5.73 Å². The highest BCUT2D eigenvalue weighted by Gasteiger charge is 2.18. The Morgan fingerprint density at radius 1 is 1.27 bits per heavy atom. The third kappa shape index (κ3) is 3.57. The number of nitrogens with one attached hydrogen (secondary N) is 1. The van der Waals surface area contributed by atoms with Crippen molar-refractivity contribution < 1.29 is 9.72 Å². The maximum absolute atomic E-state index is 11.3. The zero-order valence-electron chi connectivity index (χ0n) is 13.6. The van der Waals surface area contributed by atoms with E-state index in [-0.39, 0.29) is 11.3 Å². The van der Waals surface area contributed by atoms with Gasteiger partial charge in [-0.1, -0.05) is 12.1 Å². The Balaban J connectivity index is 1.93. The predicted molar refractivity (Wildman–Crippen MR) is 101 cm³/mol. The largest absolute Gasteiger partial charge is 0.365 e. The summed E-state index contributed by atoms with van der Waals surface area (Å²) in [5.74, 6) is -0.842. The predicted octanol–water partition coefficient (Wildman–Crippen LogP) is 3.60. The van der Waals surface area contributed by atoms with Crippen LogP contribution in [0.4, 0.5) is 17.1 Å². The highest BCUT2D eigenvalue weighted by atomic mass is 79.9. The molecule has 26 heavy (non-hydrogen) atoms. The van der Waals surface area contributed by atoms with Crippen molar-refractivity contribution in [2.75, 3.05) is 5.32 Å². The summed E-state index contributed by atoms with van der Waals surface area (Å²) < 4.78 is 2.56. The zero-order valence-corrected chi connectivity index (χ0v) is 15.2. The van der Waals surface area contributed by atoms with Crippen LogP contribution in [0.25, 0.3) is 11.3 Å². The molecule has 0 fully saturated rings. The summed E-state index contributed by atoms with van der Waals surface area (Å²) in [6.07, 6.45) is 1.85. The molecule has 132 valence electrons. The van der Waals surface area contributed by atoms with E-state index in [1.54, 1.807) is 10.7 Å². The number of halogens is 1. The lowest BCUT2D eigenvalue weighted by Crippen LogP contribution is -2.13. The van der Waals surface area contributed by atoms with E-state index in [1.807, 2.05) is 37.5 Å². The van der Waals surface area contributed by atoms with Gasteiger partial charge < -0.3 is 11.1 Å². The number of nitrogens with two attached hydrogens (primary N) is 1. The molecule has 3 aromatic rings. The summed E-state index contributed by atoms with van der Waals surface area (Å²) in [5.41, 5.74) is 7.56. The smallest absolute Gasteiger partial charge is 0.284 e. The van der Waals surface area contributed by atoms with Crippen LogP contribution in [0.15, 0.2) is 53.1 Å². The summed E-state index contributed by atoms with van der Waals surface area (Å²) in [5, 5.41) is 18.7. The molecular formula is C17H14BrN5O3. The molecule has 2 aromatic carbocycles. The lowest BCUT2D eigenvalue weighted by molar-refractivity contribution is -0.385. The summed E-state index contributed by atoms with van der Waals surface area (Å²) >= 11 is 3.47. The normalized spacial score (nSPS) is 10.5. The molecule has 0 saturated heterocycles. The van der Waals surface area contributed by atoms with Crippen LogP contribution in [0.5, 0.6) is 0 Å². The lowest BCUT2D eigenvalue weighted by Gasteiger charge is -2.09. The average molecular weight is 416 g/mol. The first-order valence-electron chi connectivity index (χ1n) is 7.50. The van der Waals surface area contributed by atoms with E-state index >= 15 is 0 Å². The highest BCUT2D eigenvalue weighted by Crippen LogP contribution is 2.30. The van der Waals surface area contributed by atoms with Gasteiger partial charge in [-0.3, -0.25) is 19.6 Å². The Bertz CT molecular complexity index is 1020. The quantitative estimate of drug-likeness (QED) is 0.487. The van der Waals surface area contributed by atoms with Crippen LogP contribution in [0.3, 0.4) is 0 Å². The van der Waals surface area contributed by atoms with Crippen LogP contribution in [-0.4, -0.2) is 20.6 Å². The molecule has 3 N–H and O–H groups in total. The first kappa shape index (κ1) is 17.6. The van der Waals surface area contributed by atoms with Crippen molar-refractivity contribution in [3.8, 4) is 11.3 Å². The summed E-state index contributed by atoms with van der Waals surface area (Å²) in [4.78, 5) is 21.8. The molecule has 0 aliphatic rings. The van der Waals surface area contributed by atoms with Gasteiger partial charge in [0.25, 0.3) is 11.6 Å². The van der Waals surface area contributed by atoms with Crippen molar-refractivity contribution in [3.63, 3.8) is 0 Å². The van der Waals surface area contributed by atoms with Gasteiger partial charge in [0, 0.05) is 36.2 Å². The number of rotatable bonds is 5. The average Bonchev–Trinajstić information content (AvgIpc) is 2.93. The molecular weight excluding hydrogens is 402 g/mol. The number of amides is 1. The summed E-state index contributed by atoms with van der Waals surface area (Å²) in [7, 11) is 1.83. The van der Waals surface area contributed by atoms with Crippen molar-refractivity contribution >= 4 is 38.9 Å². The topological polar surface area (TPSA) is 116 Å². The zero-order chi connectivity index (χ0) is 18.8. The third-order valence-electron chi connectivity index (χ3n) is 3.67. The van der Waals surface area contributed by atoms with Gasteiger partial charge in [0.05, 0.1) is 9.40 Å². The molecule has 0 unspecified atom stereocenters. The molecule has 1 aromatic heterocycles. The molecule has 0 spiro atoms. The van der Waals surface area contributed by atoms with Crippen molar-refractivity contribution in [3.05, 3.63) is 68.8 Å². The number of carbonyl (C=O) groups is 1. The van der Waals surface area contributed by atoms with Gasteiger partial charge in [-0.2, -0.15) is 5.10 Å². The van der Waals surface area contributed by atoms with E-state index in [1.165, 1.54) is 12.1 Å². The number of nitro groups is 1. The number of primary amides is 1. The van der Waals surface area contributed by atoms with E-state index in [0.717, 1.165) is 21.4 Å². The number of aryl methyl sites for hydroxylation is 1. The van der Waals surface area contributed by atoms with E-state index < -0.39 is 10.8 Å². The SMILES string of the molecule is Cn1cc(Br)c(-c2cccc(Nc3ccc(C(N)=O)c([N+](=O)[O-])c3)c2)n1. The van der Waals surface area contributed by atoms with E-state index in [9.17, 15) is 14.9 Å². The molecule has 0 aliphatic carbocycles. The highest BCUT2D eigenvalue weighted by molar-refractivity contribution is 9.10. The molecule has 1 amide bonds. The number of nitrogens with zero attached hydrogens (tertiary/aromatic N) is 3. The van der Waals surface area contributed by atoms with Crippen LogP contribution in [0, 0.1) is 10.1 Å². The minimum Gasteiger partial charge on any atom is -0.365 e. The van der Waals surface area contributed by atoms with Crippen LogP contribution in [0.1, 0.15) is 10.4 Å². The number of carbonyl (C=O) groups excluding carboxylic acids is 1. The molecule has 1 heterocycles. The van der Waals surface area contributed by atoms with Gasteiger partial charge in [0.15, 0.2) is 0 Å². The number of hydrogen-bond donors (Lipinski definition) is 2. The standard InChI is InChI=1S/C17H14BrN5O3/c1-22-9-14(18)16(21-22)10-3-2-4-11(7-10)20-12-5-6-13(17(19)24)15(8-12)23(25)26/h2-9,20H,1H3,(H2,19,24). The van der Waals surface area contributed by atoms with Gasteiger partial charge in [-0.25, -0.2) is 0 Å². The first-order valence-corrected chi connectivity index (χ1v) is 8.29. The molecule has 3 rings (SSSR count). The second-order valence-corrected chi connectivity index (χ2v) is 6.41. The summed E-state index contributed by atoms with van der Waals surface area (Å²) in [6.45, 7) is 0. The molecule has 0 bridgehead atoms. The molecule has 0 radical (unpaired) electrons. The van der Waals surface area contributed by atoms with Crippen molar-refractivity contribution in [1.29, 1.82) is 0 Å². The van der Waals surface area contributed by atoms with Crippen LogP contribution >= 0.6 is 15.9 Å². The second kappa shape index (κ2) is 6.96. The first-order chi connectivity index (χ1) is 12.3. The lowest BCUT2D eigenvalue weighted by atomic mass is 10.1. The third-order valence-corrected chi connectivity index (χ3v) is 4.25. The van der Waals surface area contributed by atoms with E-state index in [2.05, 4.69) is 26.3 Å². The summed E-state index contributed by atoms with van der Waals surface area (Å²) in [6, 6.07) is 11.7. The van der Waals surface area contributed by atoms with Crippen LogP contribution < -0.4 is 11.1 Å². The Morgan fingerprint density at radius 2 is 2.00 bits per heavy atom. The van der Waals surface area contributed by atoms with Crippen molar-refractivity contribution in [1.82, 2.24) is 9.78 Å². The minimum atomic E-state index is -0.842. The fraction of sp³-hybridized carbons (Fsp3) is 0.0588. The maximum Gasteiger partial charge on any atom is 0.284 e. The molecule has 0 aliphatic heterocycles. The monoisotopic (exact) mass is 415 g/mol. The minimum absolute atomic E-state index is 0.133. The number of benzene rings is 2. The van der Waals surface area contributed by atoms with Crippen LogP contribution in [0.2, 0.25) is 0 Å². The van der Waals surface area contributed by atoms with Crippen molar-refractivity contribution in [2.45, 2.75) is 0 Å². The second-order valence-electron chi connectivity index (χ2n) is 5.56. The number of aromatic nitrogens is 2. The molecule has 8 nitrogen and oxygen atoms in total. The van der Waals surface area contributed by atoms with Gasteiger partial charge in [-0.15, -0.1) is 0 Å². The van der Waals surface area contributed by atoms with Gasteiger partial charge >= 0.3 is 0 Å². The fourth-order valence-electron chi connectivity index (χ4n) is 2.53. The number of nitro benzene ring substituents is 1. The number of hydrogen-bond acceptors (Lipinski definition) is 5. The van der Waals surface area contributed by atoms with Gasteiger partial charge in [0.1, 0.15) is 11.3 Å². The molecule has 0 atom stereocenters. The Labute approximate surface area is 156 Å². The Morgan fingerprint density at radius 3 is 2.62 bits per heavy atom. The fourth-order valence-corrected chi connectivity index (χ4v) is 3.14. The van der Waals surface area contributed by atoms with Crippen molar-refractivity contribution in [2.24, 2.45) is 12.8 Å². The number of anilines is 2. The van der Waals surface area contributed by atoms with Crippen LogP contribution in [-0.2, 0) is 7.05 Å². The van der Waals surface area contributed by atoms with Gasteiger partial charge in [0.2, 0.25) is 0 Å². The molecule has 9 heteroatoms. The Kier molecular flexibility index (Phi) is 4.72. The Hall–Kier alpha value is -3.20. The molecule has 0 saturated carbocycles. The maximum atomic E-state index is 11.3. The van der Waals surface area contributed by atoms with Gasteiger partial charge in [-0.05, 0) is 40.2 Å². The van der Waals surface area contributed by atoms with E-state index in [0.29, 0.717) is 5.69 Å².